The Hall–Kier alpha value is -4.48. The average molecular weight is 552 g/mol. The lowest BCUT2D eigenvalue weighted by atomic mass is 10.0. The third-order valence-electron chi connectivity index (χ3n) is 6.86. The third-order valence-corrected chi connectivity index (χ3v) is 6.86. The maximum absolute atomic E-state index is 14.1. The number of anilines is 1. The van der Waals surface area contributed by atoms with Gasteiger partial charge in [-0.1, -0.05) is 12.1 Å². The molecule has 1 aromatic carbocycles. The number of aromatic nitrogens is 4. The van der Waals surface area contributed by atoms with E-state index in [1.807, 2.05) is 6.92 Å². The van der Waals surface area contributed by atoms with Gasteiger partial charge in [0.25, 0.3) is 5.91 Å². The summed E-state index contributed by atoms with van der Waals surface area (Å²) in [7, 11) is 3.28. The Kier molecular flexibility index (Phi) is 7.17. The van der Waals surface area contributed by atoms with Gasteiger partial charge in [-0.05, 0) is 56.0 Å². The minimum atomic E-state index is -4.74. The maximum Gasteiger partial charge on any atom is 0.435 e. The molecule has 1 aliphatic heterocycles. The van der Waals surface area contributed by atoms with Crippen LogP contribution in [0.4, 0.5) is 23.8 Å². The normalized spacial score (nSPS) is 15.8. The van der Waals surface area contributed by atoms with Gasteiger partial charge in [0.1, 0.15) is 17.2 Å². The number of aryl methyl sites for hydroxylation is 1. The molecule has 5 rings (SSSR count). The van der Waals surface area contributed by atoms with Gasteiger partial charge in [0, 0.05) is 50.4 Å². The summed E-state index contributed by atoms with van der Waals surface area (Å²) in [4.78, 5) is 41.3. The SMILES string of the molecule is Cc1ccnc(NC(=O)c2ccc(-c3nc([C@@H]4CCCCN4C(=O)N(C)C)n4ccnc(C(F)(F)F)c34)cc2)c1. The highest BCUT2D eigenvalue weighted by molar-refractivity contribution is 6.04. The molecule has 4 aromatic rings. The van der Waals surface area contributed by atoms with Crippen LogP contribution in [0.3, 0.4) is 0 Å². The van der Waals surface area contributed by atoms with Crippen molar-refractivity contribution in [2.75, 3.05) is 26.0 Å². The van der Waals surface area contributed by atoms with E-state index in [1.165, 1.54) is 27.6 Å². The molecule has 1 aliphatic rings. The fraction of sp³-hybridized carbons (Fsp3) is 0.321. The Balaban J connectivity index is 1.58. The van der Waals surface area contributed by atoms with Crippen LogP contribution in [0.5, 0.6) is 0 Å². The predicted molar refractivity (Wildman–Crippen MR) is 143 cm³/mol. The van der Waals surface area contributed by atoms with Gasteiger partial charge in [0.2, 0.25) is 0 Å². The number of nitrogens with one attached hydrogen (secondary N) is 1. The Morgan fingerprint density at radius 2 is 1.80 bits per heavy atom. The number of urea groups is 1. The summed E-state index contributed by atoms with van der Waals surface area (Å²) in [5.74, 6) is 0.321. The van der Waals surface area contributed by atoms with Crippen molar-refractivity contribution in [1.82, 2.24) is 29.2 Å². The lowest BCUT2D eigenvalue weighted by Crippen LogP contribution is -2.44. The standard InChI is InChI=1S/C28H28F3N7O2/c1-17-11-12-32-21(16-17)34-26(39)19-9-7-18(8-10-19)22-23-24(28(29,30)31)33-13-15-38(23)25(35-22)20-6-4-5-14-37(20)27(40)36(2)3/h7-13,15-16,20H,4-6,14H2,1-3H3,(H,32,34,39)/t20-/m0/s1. The topological polar surface area (TPSA) is 95.7 Å². The van der Waals surface area contributed by atoms with E-state index in [0.29, 0.717) is 35.7 Å². The fourth-order valence-corrected chi connectivity index (χ4v) is 4.96. The first-order chi connectivity index (χ1) is 19.0. The van der Waals surface area contributed by atoms with Crippen LogP contribution in [-0.4, -0.2) is 61.7 Å². The molecule has 0 spiro atoms. The van der Waals surface area contributed by atoms with E-state index < -0.39 is 23.8 Å². The van der Waals surface area contributed by atoms with E-state index in [4.69, 9.17) is 4.98 Å². The second-order valence-electron chi connectivity index (χ2n) is 9.94. The van der Waals surface area contributed by atoms with Crippen molar-refractivity contribution in [1.29, 1.82) is 0 Å². The van der Waals surface area contributed by atoms with Crippen LogP contribution in [0, 0.1) is 6.92 Å². The molecular formula is C28H28F3N7O2. The summed E-state index contributed by atoms with van der Waals surface area (Å²) in [6.45, 7) is 2.35. The van der Waals surface area contributed by atoms with E-state index in [2.05, 4.69) is 15.3 Å². The summed E-state index contributed by atoms with van der Waals surface area (Å²) in [6.07, 6.45) is 1.56. The largest absolute Gasteiger partial charge is 0.435 e. The number of piperidine rings is 1. The molecule has 4 heterocycles. The molecule has 3 amide bonds. The van der Waals surface area contributed by atoms with E-state index in [9.17, 15) is 22.8 Å². The van der Waals surface area contributed by atoms with Crippen molar-refractivity contribution in [3.8, 4) is 11.3 Å². The first-order valence-electron chi connectivity index (χ1n) is 12.8. The zero-order valence-electron chi connectivity index (χ0n) is 22.2. The van der Waals surface area contributed by atoms with Crippen LogP contribution in [0.1, 0.15) is 52.7 Å². The molecule has 208 valence electrons. The number of imidazole rings is 1. The Morgan fingerprint density at radius 3 is 2.48 bits per heavy atom. The van der Waals surface area contributed by atoms with Gasteiger partial charge in [-0.3, -0.25) is 9.20 Å². The molecule has 0 bridgehead atoms. The molecule has 0 aliphatic carbocycles. The summed E-state index contributed by atoms with van der Waals surface area (Å²) in [5, 5.41) is 2.72. The second kappa shape index (κ2) is 10.6. The average Bonchev–Trinajstić information content (AvgIpc) is 3.32. The van der Waals surface area contributed by atoms with E-state index in [1.54, 1.807) is 49.5 Å². The van der Waals surface area contributed by atoms with Crippen molar-refractivity contribution in [2.24, 2.45) is 0 Å². The minimum Gasteiger partial charge on any atom is -0.331 e. The predicted octanol–water partition coefficient (Wildman–Crippen LogP) is 5.58. The Labute approximate surface area is 228 Å². The van der Waals surface area contributed by atoms with Crippen molar-refractivity contribution in [2.45, 2.75) is 38.4 Å². The number of fused-ring (bicyclic) bond motifs is 1. The molecule has 40 heavy (non-hydrogen) atoms. The first-order valence-corrected chi connectivity index (χ1v) is 12.8. The summed E-state index contributed by atoms with van der Waals surface area (Å²) < 4.78 is 43.8. The van der Waals surface area contributed by atoms with Crippen molar-refractivity contribution < 1.29 is 22.8 Å². The number of alkyl halides is 3. The zero-order chi connectivity index (χ0) is 28.6. The number of hydrogen-bond donors (Lipinski definition) is 1. The van der Waals surface area contributed by atoms with Gasteiger partial charge in [0.05, 0.1) is 11.7 Å². The molecule has 0 unspecified atom stereocenters. The lowest BCUT2D eigenvalue weighted by molar-refractivity contribution is -0.140. The van der Waals surface area contributed by atoms with Gasteiger partial charge in [-0.15, -0.1) is 0 Å². The number of amides is 3. The number of pyridine rings is 1. The van der Waals surface area contributed by atoms with Crippen molar-refractivity contribution in [3.05, 3.63) is 77.6 Å². The zero-order valence-corrected chi connectivity index (χ0v) is 22.2. The van der Waals surface area contributed by atoms with Gasteiger partial charge >= 0.3 is 12.2 Å². The number of likely N-dealkylation sites (tertiary alicyclic amines) is 1. The highest BCUT2D eigenvalue weighted by Crippen LogP contribution is 2.39. The van der Waals surface area contributed by atoms with Gasteiger partial charge in [-0.2, -0.15) is 13.2 Å². The molecule has 1 saturated heterocycles. The number of hydrogen-bond acceptors (Lipinski definition) is 5. The third kappa shape index (κ3) is 5.21. The summed E-state index contributed by atoms with van der Waals surface area (Å²) >= 11 is 0. The molecule has 9 nitrogen and oxygen atoms in total. The van der Waals surface area contributed by atoms with Crippen LogP contribution in [-0.2, 0) is 6.18 Å². The number of nitrogens with zero attached hydrogens (tertiary/aromatic N) is 6. The van der Waals surface area contributed by atoms with Crippen LogP contribution in [0.2, 0.25) is 0 Å². The number of carbonyl (C=O) groups is 2. The fourth-order valence-electron chi connectivity index (χ4n) is 4.96. The van der Waals surface area contributed by atoms with E-state index in [-0.39, 0.29) is 17.2 Å². The molecule has 12 heteroatoms. The smallest absolute Gasteiger partial charge is 0.331 e. The molecule has 1 fully saturated rings. The molecule has 1 atom stereocenters. The molecule has 1 N–H and O–H groups in total. The molecular weight excluding hydrogens is 523 g/mol. The van der Waals surface area contributed by atoms with Crippen LogP contribution < -0.4 is 5.32 Å². The Bertz CT molecular complexity index is 1560. The number of carbonyl (C=O) groups excluding carboxylic acids is 2. The number of rotatable bonds is 4. The highest BCUT2D eigenvalue weighted by atomic mass is 19.4. The van der Waals surface area contributed by atoms with Crippen LogP contribution in [0.15, 0.2) is 55.0 Å². The summed E-state index contributed by atoms with van der Waals surface area (Å²) in [5.41, 5.74) is 0.423. The first kappa shape index (κ1) is 27.1. The molecule has 0 saturated carbocycles. The van der Waals surface area contributed by atoms with Crippen molar-refractivity contribution >= 4 is 23.3 Å². The van der Waals surface area contributed by atoms with Crippen molar-refractivity contribution in [3.63, 3.8) is 0 Å². The van der Waals surface area contributed by atoms with Crippen LogP contribution in [0.25, 0.3) is 16.8 Å². The molecule has 3 aromatic heterocycles. The lowest BCUT2D eigenvalue weighted by Gasteiger charge is -2.36. The minimum absolute atomic E-state index is 0.0746. The Morgan fingerprint density at radius 1 is 1.05 bits per heavy atom. The van der Waals surface area contributed by atoms with Crippen LogP contribution >= 0.6 is 0 Å². The van der Waals surface area contributed by atoms with Gasteiger partial charge in [0.15, 0.2) is 5.69 Å². The number of halogens is 3. The monoisotopic (exact) mass is 551 g/mol. The van der Waals surface area contributed by atoms with Gasteiger partial charge < -0.3 is 15.1 Å². The maximum atomic E-state index is 14.1. The van der Waals surface area contributed by atoms with E-state index in [0.717, 1.165) is 24.6 Å². The highest BCUT2D eigenvalue weighted by Gasteiger charge is 2.39. The summed E-state index contributed by atoms with van der Waals surface area (Å²) in [6, 6.07) is 8.96. The quantitative estimate of drug-likeness (QED) is 0.357. The second-order valence-corrected chi connectivity index (χ2v) is 9.94. The van der Waals surface area contributed by atoms with Gasteiger partial charge in [-0.25, -0.2) is 19.7 Å². The molecule has 0 radical (unpaired) electrons. The van der Waals surface area contributed by atoms with E-state index >= 15 is 0 Å². The number of benzene rings is 1.